The fourth-order valence-electron chi connectivity index (χ4n) is 1.01. The predicted molar refractivity (Wildman–Crippen MR) is 44.4 cm³/mol. The van der Waals surface area contributed by atoms with E-state index in [1.54, 1.807) is 0 Å². The molecule has 0 fully saturated rings. The summed E-state index contributed by atoms with van der Waals surface area (Å²) in [5, 5.41) is 0. The van der Waals surface area contributed by atoms with Gasteiger partial charge in [-0.25, -0.2) is 9.97 Å². The zero-order chi connectivity index (χ0) is 10.8. The van der Waals surface area contributed by atoms with Gasteiger partial charge in [0.2, 0.25) is 5.82 Å². The largest absolute Gasteiger partial charge is 0.451 e. The Labute approximate surface area is 80.2 Å². The molecular formula is C9H10F3N2. The average molecular weight is 203 g/mol. The molecule has 0 unspecified atom stereocenters. The van der Waals surface area contributed by atoms with Crippen LogP contribution in [0.2, 0.25) is 0 Å². The molecule has 0 spiro atoms. The van der Waals surface area contributed by atoms with Crippen molar-refractivity contribution in [3.8, 4) is 0 Å². The van der Waals surface area contributed by atoms with Crippen molar-refractivity contribution in [1.29, 1.82) is 0 Å². The minimum Gasteiger partial charge on any atom is -0.229 e. The van der Waals surface area contributed by atoms with E-state index in [9.17, 15) is 13.2 Å². The van der Waals surface area contributed by atoms with E-state index < -0.39 is 12.0 Å². The second-order valence-electron chi connectivity index (χ2n) is 3.41. The van der Waals surface area contributed by atoms with E-state index in [0.29, 0.717) is 12.1 Å². The van der Waals surface area contributed by atoms with Gasteiger partial charge in [-0.1, -0.05) is 13.8 Å². The summed E-state index contributed by atoms with van der Waals surface area (Å²) in [7, 11) is 0. The van der Waals surface area contributed by atoms with Crippen LogP contribution < -0.4 is 0 Å². The van der Waals surface area contributed by atoms with Gasteiger partial charge in [-0.15, -0.1) is 0 Å². The molecule has 1 heterocycles. The Morgan fingerprint density at radius 3 is 2.57 bits per heavy atom. The molecule has 0 amide bonds. The first kappa shape index (κ1) is 10.9. The molecule has 1 radical (unpaired) electrons. The van der Waals surface area contributed by atoms with E-state index in [0.717, 1.165) is 0 Å². The molecular weight excluding hydrogens is 193 g/mol. The number of hydrogen-bond donors (Lipinski definition) is 0. The van der Waals surface area contributed by atoms with Crippen molar-refractivity contribution in [2.75, 3.05) is 0 Å². The molecule has 0 aromatic carbocycles. The van der Waals surface area contributed by atoms with Gasteiger partial charge < -0.3 is 0 Å². The van der Waals surface area contributed by atoms with Crippen molar-refractivity contribution in [3.05, 3.63) is 23.8 Å². The molecule has 1 aromatic heterocycles. The van der Waals surface area contributed by atoms with Crippen molar-refractivity contribution in [2.45, 2.75) is 26.4 Å². The lowest BCUT2D eigenvalue weighted by atomic mass is 10.1. The highest BCUT2D eigenvalue weighted by atomic mass is 19.4. The van der Waals surface area contributed by atoms with Crippen LogP contribution in [0.3, 0.4) is 0 Å². The van der Waals surface area contributed by atoms with E-state index in [4.69, 9.17) is 0 Å². The van der Waals surface area contributed by atoms with Crippen LogP contribution in [0, 0.1) is 12.1 Å². The zero-order valence-electron chi connectivity index (χ0n) is 7.89. The molecule has 14 heavy (non-hydrogen) atoms. The van der Waals surface area contributed by atoms with Crippen molar-refractivity contribution >= 4 is 0 Å². The summed E-state index contributed by atoms with van der Waals surface area (Å²) in [4.78, 5) is 6.47. The Balaban J connectivity index is 2.90. The number of halogens is 3. The molecule has 0 aliphatic rings. The van der Waals surface area contributed by atoms with Crippen LogP contribution in [-0.2, 0) is 12.6 Å². The average Bonchev–Trinajstić information content (AvgIpc) is 2.01. The van der Waals surface area contributed by atoms with Gasteiger partial charge in [0.1, 0.15) is 0 Å². The van der Waals surface area contributed by atoms with Crippen molar-refractivity contribution < 1.29 is 13.2 Å². The van der Waals surface area contributed by atoms with E-state index in [1.807, 2.05) is 13.8 Å². The molecule has 0 bridgehead atoms. The first-order valence-electron chi connectivity index (χ1n) is 4.21. The molecule has 0 saturated carbocycles. The molecule has 0 aliphatic carbocycles. The van der Waals surface area contributed by atoms with Gasteiger partial charge in [0.15, 0.2) is 0 Å². The third-order valence-electron chi connectivity index (χ3n) is 1.52. The molecule has 1 rings (SSSR count). The molecule has 0 N–H and O–H groups in total. The number of aromatic nitrogens is 2. The van der Waals surface area contributed by atoms with E-state index in [2.05, 4.69) is 16.2 Å². The Morgan fingerprint density at radius 1 is 1.43 bits per heavy atom. The summed E-state index contributed by atoms with van der Waals surface area (Å²) in [6.07, 6.45) is -1.77. The number of rotatable bonds is 2. The lowest BCUT2D eigenvalue weighted by Gasteiger charge is -2.07. The van der Waals surface area contributed by atoms with Gasteiger partial charge in [0.25, 0.3) is 0 Å². The Morgan fingerprint density at radius 2 is 2.07 bits per heavy atom. The molecule has 0 atom stereocenters. The summed E-state index contributed by atoms with van der Waals surface area (Å²) >= 11 is 0. The van der Waals surface area contributed by atoms with Crippen molar-refractivity contribution in [3.63, 3.8) is 0 Å². The lowest BCUT2D eigenvalue weighted by molar-refractivity contribution is -0.145. The van der Waals surface area contributed by atoms with Gasteiger partial charge in [0.05, 0.1) is 6.20 Å². The van der Waals surface area contributed by atoms with Crippen LogP contribution in [0.1, 0.15) is 25.4 Å². The molecule has 5 heteroatoms. The standard InChI is InChI=1S/C9H10F3N2/c1-6(2)5-7-3-4-13-8(14-7)9(10,11)12/h3,6H,5H2,1-2H3. The normalized spacial score (nSPS) is 12.1. The van der Waals surface area contributed by atoms with Gasteiger partial charge in [-0.05, 0) is 18.4 Å². The summed E-state index contributed by atoms with van der Waals surface area (Å²) in [5.41, 5.74) is 0.377. The summed E-state index contributed by atoms with van der Waals surface area (Å²) in [5.74, 6) is -0.852. The minimum absolute atomic E-state index is 0.263. The first-order chi connectivity index (χ1) is 6.39. The Bertz CT molecular complexity index is 307. The van der Waals surface area contributed by atoms with Crippen LogP contribution in [0.4, 0.5) is 13.2 Å². The fraction of sp³-hybridized carbons (Fsp3) is 0.556. The third kappa shape index (κ3) is 2.97. The number of hydrogen-bond acceptors (Lipinski definition) is 2. The van der Waals surface area contributed by atoms with Crippen LogP contribution in [-0.4, -0.2) is 9.97 Å². The van der Waals surface area contributed by atoms with Crippen molar-refractivity contribution in [1.82, 2.24) is 9.97 Å². The number of nitrogens with zero attached hydrogens (tertiary/aromatic N) is 2. The topological polar surface area (TPSA) is 25.8 Å². The van der Waals surface area contributed by atoms with Crippen molar-refractivity contribution in [2.24, 2.45) is 5.92 Å². The maximum atomic E-state index is 12.2. The number of alkyl halides is 3. The molecule has 77 valence electrons. The maximum absolute atomic E-state index is 12.2. The molecule has 2 nitrogen and oxygen atoms in total. The van der Waals surface area contributed by atoms with E-state index in [-0.39, 0.29) is 5.92 Å². The lowest BCUT2D eigenvalue weighted by Crippen LogP contribution is -2.12. The van der Waals surface area contributed by atoms with Gasteiger partial charge in [-0.2, -0.15) is 13.2 Å². The monoisotopic (exact) mass is 203 g/mol. The van der Waals surface area contributed by atoms with Gasteiger partial charge >= 0.3 is 6.18 Å². The quantitative estimate of drug-likeness (QED) is 0.738. The highest BCUT2D eigenvalue weighted by molar-refractivity contribution is 5.04. The Hall–Kier alpha value is -1.13. The molecule has 0 saturated heterocycles. The van der Waals surface area contributed by atoms with E-state index >= 15 is 0 Å². The summed E-state index contributed by atoms with van der Waals surface area (Å²) < 4.78 is 36.5. The summed E-state index contributed by atoms with van der Waals surface area (Å²) in [6, 6.07) is 1.38. The molecule has 0 aliphatic heterocycles. The maximum Gasteiger partial charge on any atom is 0.451 e. The third-order valence-corrected chi connectivity index (χ3v) is 1.52. The van der Waals surface area contributed by atoms with Crippen LogP contribution in [0.15, 0.2) is 6.07 Å². The van der Waals surface area contributed by atoms with Gasteiger partial charge in [0, 0.05) is 5.69 Å². The minimum atomic E-state index is -4.48. The second kappa shape index (κ2) is 3.94. The summed E-state index contributed by atoms with van der Waals surface area (Å²) in [6.45, 7) is 3.82. The fourth-order valence-corrected chi connectivity index (χ4v) is 1.01. The Kier molecular flexibility index (Phi) is 3.08. The smallest absolute Gasteiger partial charge is 0.229 e. The highest BCUT2D eigenvalue weighted by Crippen LogP contribution is 2.25. The van der Waals surface area contributed by atoms with Crippen LogP contribution in [0.25, 0.3) is 0 Å². The van der Waals surface area contributed by atoms with Gasteiger partial charge in [-0.3, -0.25) is 0 Å². The van der Waals surface area contributed by atoms with E-state index in [1.165, 1.54) is 6.07 Å². The van der Waals surface area contributed by atoms with Crippen LogP contribution in [0.5, 0.6) is 0 Å². The second-order valence-corrected chi connectivity index (χ2v) is 3.41. The first-order valence-corrected chi connectivity index (χ1v) is 4.21. The highest BCUT2D eigenvalue weighted by Gasteiger charge is 2.34. The predicted octanol–water partition coefficient (Wildman–Crippen LogP) is 2.49. The SMILES string of the molecule is CC(C)Cc1c[c]nc(C(F)(F)F)n1. The molecule has 1 aromatic rings. The zero-order valence-corrected chi connectivity index (χ0v) is 7.89. The van der Waals surface area contributed by atoms with Crippen LogP contribution >= 0.6 is 0 Å².